The van der Waals surface area contributed by atoms with E-state index in [9.17, 15) is 9.59 Å². The van der Waals surface area contributed by atoms with Crippen molar-refractivity contribution in [2.24, 2.45) is 5.92 Å². The largest absolute Gasteiger partial charge is 0.366 e. The molecule has 10 heteroatoms. The lowest BCUT2D eigenvalue weighted by Crippen LogP contribution is -2.46. The van der Waals surface area contributed by atoms with Crippen molar-refractivity contribution >= 4 is 29.1 Å². The molecule has 38 heavy (non-hydrogen) atoms. The molecule has 3 aliphatic heterocycles. The summed E-state index contributed by atoms with van der Waals surface area (Å²) in [4.78, 5) is 36.4. The van der Waals surface area contributed by atoms with E-state index in [0.717, 1.165) is 31.4 Å². The van der Waals surface area contributed by atoms with Crippen molar-refractivity contribution in [1.29, 1.82) is 0 Å². The number of carbonyl (C=O) groups excluding carboxylic acids is 2. The van der Waals surface area contributed by atoms with Gasteiger partial charge in [0.1, 0.15) is 17.8 Å². The van der Waals surface area contributed by atoms with Gasteiger partial charge in [0.25, 0.3) is 0 Å². The molecule has 3 amide bonds. The van der Waals surface area contributed by atoms with Crippen LogP contribution >= 0.6 is 0 Å². The Balaban J connectivity index is 1.17. The van der Waals surface area contributed by atoms with Gasteiger partial charge < -0.3 is 14.8 Å². The zero-order valence-corrected chi connectivity index (χ0v) is 22.1. The van der Waals surface area contributed by atoms with Crippen LogP contribution in [0.5, 0.6) is 0 Å². The zero-order valence-electron chi connectivity index (χ0n) is 22.1. The third kappa shape index (κ3) is 4.17. The van der Waals surface area contributed by atoms with E-state index in [1.165, 1.54) is 5.69 Å². The molecule has 2 bridgehead atoms. The number of pyridine rings is 1. The molecule has 3 aliphatic rings. The van der Waals surface area contributed by atoms with Gasteiger partial charge in [-0.2, -0.15) is 0 Å². The molecule has 3 saturated heterocycles. The first-order valence-corrected chi connectivity index (χ1v) is 13.5. The number of piperidine rings is 1. The van der Waals surface area contributed by atoms with Gasteiger partial charge in [0.2, 0.25) is 5.91 Å². The normalized spacial score (nSPS) is 23.0. The quantitative estimate of drug-likeness (QED) is 0.536. The fourth-order valence-corrected chi connectivity index (χ4v) is 6.31. The van der Waals surface area contributed by atoms with Crippen molar-refractivity contribution in [3.05, 3.63) is 48.8 Å². The number of carbonyl (C=O) groups is 2. The van der Waals surface area contributed by atoms with Crippen molar-refractivity contribution in [2.45, 2.75) is 57.7 Å². The first kappa shape index (κ1) is 24.4. The van der Waals surface area contributed by atoms with Crippen LogP contribution in [-0.2, 0) is 4.79 Å². The lowest BCUT2D eigenvalue weighted by molar-refractivity contribution is -0.125. The Bertz CT molecular complexity index is 1320. The van der Waals surface area contributed by atoms with E-state index in [2.05, 4.69) is 46.4 Å². The number of urea groups is 1. The van der Waals surface area contributed by atoms with Crippen molar-refractivity contribution < 1.29 is 9.59 Å². The van der Waals surface area contributed by atoms with E-state index < -0.39 is 0 Å². The number of nitrogens with zero attached hydrogens (tertiary/aromatic N) is 7. The van der Waals surface area contributed by atoms with E-state index in [0.29, 0.717) is 42.5 Å². The third-order valence-electron chi connectivity index (χ3n) is 8.19. The van der Waals surface area contributed by atoms with E-state index in [-0.39, 0.29) is 23.9 Å². The van der Waals surface area contributed by atoms with Crippen LogP contribution in [0.2, 0.25) is 0 Å². The predicted molar refractivity (Wildman–Crippen MR) is 146 cm³/mol. The highest BCUT2D eigenvalue weighted by Crippen LogP contribution is 2.42. The molecule has 5 heterocycles. The smallest absolute Gasteiger partial charge is 0.330 e. The number of rotatable bonds is 6. The van der Waals surface area contributed by atoms with E-state index in [1.54, 1.807) is 23.2 Å². The lowest BCUT2D eigenvalue weighted by atomic mass is 9.89. The van der Waals surface area contributed by atoms with Crippen molar-refractivity contribution in [1.82, 2.24) is 25.1 Å². The number of nitrogens with one attached hydrogen (secondary N) is 1. The van der Waals surface area contributed by atoms with Crippen LogP contribution < -0.4 is 20.0 Å². The Morgan fingerprint density at radius 3 is 2.34 bits per heavy atom. The number of fused-ring (bicyclic) bond motifs is 2. The highest BCUT2D eigenvalue weighted by molar-refractivity contribution is 6.05. The Kier molecular flexibility index (Phi) is 6.25. The molecule has 1 N–H and O–H groups in total. The number of anilines is 3. The van der Waals surface area contributed by atoms with Crippen LogP contribution in [0.4, 0.5) is 22.0 Å². The Morgan fingerprint density at radius 2 is 1.66 bits per heavy atom. The number of amides is 3. The summed E-state index contributed by atoms with van der Waals surface area (Å²) in [5, 5.41) is 11.1. The van der Waals surface area contributed by atoms with Gasteiger partial charge in [-0.15, -0.1) is 10.2 Å². The molecular formula is C28H34N8O2. The van der Waals surface area contributed by atoms with Gasteiger partial charge in [-0.1, -0.05) is 6.07 Å². The highest BCUT2D eigenvalue weighted by atomic mass is 16.2. The van der Waals surface area contributed by atoms with Crippen LogP contribution in [0.3, 0.4) is 0 Å². The second kappa shape index (κ2) is 9.74. The highest BCUT2D eigenvalue weighted by Gasteiger charge is 2.43. The zero-order chi connectivity index (χ0) is 26.4. The van der Waals surface area contributed by atoms with E-state index in [4.69, 9.17) is 4.98 Å². The molecule has 0 saturated carbocycles. The van der Waals surface area contributed by atoms with Crippen molar-refractivity contribution in [2.75, 3.05) is 34.8 Å². The third-order valence-corrected chi connectivity index (χ3v) is 8.19. The molecule has 0 aliphatic carbocycles. The topological polar surface area (TPSA) is 99.5 Å². The predicted octanol–water partition coefficient (Wildman–Crippen LogP) is 3.86. The summed E-state index contributed by atoms with van der Waals surface area (Å²) >= 11 is 0. The second-order valence-electron chi connectivity index (χ2n) is 10.7. The summed E-state index contributed by atoms with van der Waals surface area (Å²) in [7, 11) is 1.72. The molecule has 198 valence electrons. The minimum atomic E-state index is -0.0841. The number of hydrogen-bond acceptors (Lipinski definition) is 6. The maximum absolute atomic E-state index is 13.4. The Labute approximate surface area is 222 Å². The van der Waals surface area contributed by atoms with Crippen molar-refractivity contribution in [3.63, 3.8) is 0 Å². The van der Waals surface area contributed by atoms with E-state index in [1.807, 2.05) is 34.9 Å². The van der Waals surface area contributed by atoms with Gasteiger partial charge in [0.15, 0.2) is 5.82 Å². The molecule has 2 aromatic heterocycles. The van der Waals surface area contributed by atoms with Crippen LogP contribution in [0.25, 0.3) is 11.5 Å². The molecule has 2 unspecified atom stereocenters. The number of benzene rings is 1. The minimum absolute atomic E-state index is 0.0841. The molecule has 0 radical (unpaired) electrons. The van der Waals surface area contributed by atoms with Gasteiger partial charge in [0.05, 0.1) is 0 Å². The molecule has 10 nitrogen and oxygen atoms in total. The van der Waals surface area contributed by atoms with Crippen LogP contribution in [0, 0.1) is 5.92 Å². The average molecular weight is 515 g/mol. The lowest BCUT2D eigenvalue weighted by Gasteiger charge is -2.40. The molecule has 6 rings (SSSR count). The van der Waals surface area contributed by atoms with Gasteiger partial charge >= 0.3 is 6.03 Å². The molecular weight excluding hydrogens is 480 g/mol. The molecule has 1 aromatic carbocycles. The maximum Gasteiger partial charge on any atom is 0.330 e. The van der Waals surface area contributed by atoms with Gasteiger partial charge in [-0.3, -0.25) is 14.6 Å². The monoisotopic (exact) mass is 514 g/mol. The SMILES string of the molecule is CNC(=O)C1CC2CCC(C1)N2c1ccc(N2CCN(c3cccc(-c4nncn4C(C)C)n3)C2=O)cc1. The summed E-state index contributed by atoms with van der Waals surface area (Å²) in [5.41, 5.74) is 2.74. The van der Waals surface area contributed by atoms with Crippen molar-refractivity contribution in [3.8, 4) is 11.5 Å². The Hall–Kier alpha value is -3.95. The molecule has 3 aromatic rings. The number of aromatic nitrogens is 4. The fraction of sp³-hybridized carbons (Fsp3) is 0.464. The fourth-order valence-electron chi connectivity index (χ4n) is 6.31. The second-order valence-corrected chi connectivity index (χ2v) is 10.7. The molecule has 2 atom stereocenters. The van der Waals surface area contributed by atoms with Gasteiger partial charge in [0, 0.05) is 55.6 Å². The summed E-state index contributed by atoms with van der Waals surface area (Å²) in [6, 6.07) is 14.9. The van der Waals surface area contributed by atoms with Crippen LogP contribution in [0.1, 0.15) is 45.6 Å². The molecule has 0 spiro atoms. The standard InChI is InChI=1S/C28H34N8O2/c1-18(2)35-17-30-32-26(35)24-5-4-6-25(31-24)34-14-13-33(28(34)38)20-7-9-21(10-8-20)36-22-11-12-23(36)16-19(15-22)27(37)29-3/h4-10,17-19,22-23H,11-16H2,1-3H3,(H,29,37). The Morgan fingerprint density at radius 1 is 0.974 bits per heavy atom. The maximum atomic E-state index is 13.4. The first-order chi connectivity index (χ1) is 18.4. The van der Waals surface area contributed by atoms with Crippen LogP contribution in [0.15, 0.2) is 48.8 Å². The summed E-state index contributed by atoms with van der Waals surface area (Å²) in [6.45, 7) is 5.29. The van der Waals surface area contributed by atoms with Gasteiger partial charge in [-0.05, 0) is 75.9 Å². The summed E-state index contributed by atoms with van der Waals surface area (Å²) < 4.78 is 1.97. The summed E-state index contributed by atoms with van der Waals surface area (Å²) in [6.07, 6.45) is 5.75. The first-order valence-electron chi connectivity index (χ1n) is 13.5. The van der Waals surface area contributed by atoms with E-state index >= 15 is 0 Å². The molecule has 3 fully saturated rings. The minimum Gasteiger partial charge on any atom is -0.366 e. The van der Waals surface area contributed by atoms with Crippen LogP contribution in [-0.4, -0.2) is 63.9 Å². The number of hydrogen-bond donors (Lipinski definition) is 1. The van der Waals surface area contributed by atoms with Gasteiger partial charge in [-0.25, -0.2) is 9.78 Å². The average Bonchev–Trinajstić information content (AvgIpc) is 3.64. The summed E-state index contributed by atoms with van der Waals surface area (Å²) in [5.74, 6) is 1.57.